The molecule has 1 aliphatic heterocycles. The van der Waals surface area contributed by atoms with Crippen LogP contribution in [0.5, 0.6) is 0 Å². The molecule has 2 rings (SSSR count). The van der Waals surface area contributed by atoms with Gasteiger partial charge in [0.1, 0.15) is 25.2 Å². The van der Waals surface area contributed by atoms with Crippen LogP contribution in [0.2, 0.25) is 0 Å². The lowest BCUT2D eigenvalue weighted by Crippen LogP contribution is -2.49. The zero-order valence-corrected chi connectivity index (χ0v) is 11.8. The highest BCUT2D eigenvalue weighted by Crippen LogP contribution is 2.37. The van der Waals surface area contributed by atoms with Gasteiger partial charge < -0.3 is 25.4 Å². The summed E-state index contributed by atoms with van der Waals surface area (Å²) in [5.74, 6) is -1.69. The summed E-state index contributed by atoms with van der Waals surface area (Å²) < 4.78 is 11.9. The minimum atomic E-state index is -1.69. The highest BCUT2D eigenvalue weighted by atomic mass is 16.7. The Balaban J connectivity index is 2.35. The van der Waals surface area contributed by atoms with Gasteiger partial charge in [0.25, 0.3) is 5.56 Å². The lowest BCUT2D eigenvalue weighted by atomic mass is 10.1. The summed E-state index contributed by atoms with van der Waals surface area (Å²) in [6.45, 7) is 2.44. The highest BCUT2D eigenvalue weighted by molar-refractivity contribution is 5.02. The SMILES string of the molecule is Cc1cn([C@H]2C[C@H](O)[C@](CO)(OC(C)N)O2)c(=O)[nH]c1=O. The van der Waals surface area contributed by atoms with Crippen molar-refractivity contribution in [1.29, 1.82) is 0 Å². The van der Waals surface area contributed by atoms with E-state index in [1.807, 2.05) is 0 Å². The molecule has 0 spiro atoms. The Morgan fingerprint density at radius 1 is 1.67 bits per heavy atom. The molecule has 1 saturated heterocycles. The minimum absolute atomic E-state index is 0.0126. The Hall–Kier alpha value is -1.52. The molecular weight excluding hydrogens is 282 g/mol. The number of nitrogens with two attached hydrogens (primary N) is 1. The van der Waals surface area contributed by atoms with E-state index in [1.54, 1.807) is 0 Å². The Labute approximate surface area is 119 Å². The number of rotatable bonds is 4. The minimum Gasteiger partial charge on any atom is -0.391 e. The largest absolute Gasteiger partial charge is 0.391 e. The fourth-order valence-electron chi connectivity index (χ4n) is 2.30. The van der Waals surface area contributed by atoms with Crippen molar-refractivity contribution in [2.24, 2.45) is 5.73 Å². The van der Waals surface area contributed by atoms with Crippen molar-refractivity contribution < 1.29 is 19.7 Å². The Kier molecular flexibility index (Phi) is 4.30. The predicted octanol–water partition coefficient (Wildman–Crippen LogP) is -1.87. The third kappa shape index (κ3) is 2.92. The number of hydrogen-bond donors (Lipinski definition) is 4. The molecule has 5 N–H and O–H groups in total. The van der Waals surface area contributed by atoms with Gasteiger partial charge >= 0.3 is 5.69 Å². The van der Waals surface area contributed by atoms with Crippen LogP contribution in [0.25, 0.3) is 0 Å². The highest BCUT2D eigenvalue weighted by Gasteiger charge is 2.50. The number of aliphatic hydroxyl groups excluding tert-OH is 2. The second-order valence-corrected chi connectivity index (χ2v) is 5.10. The molecule has 0 bridgehead atoms. The summed E-state index contributed by atoms with van der Waals surface area (Å²) in [5, 5.41) is 19.5. The molecule has 0 amide bonds. The molecule has 21 heavy (non-hydrogen) atoms. The molecule has 0 saturated carbocycles. The summed E-state index contributed by atoms with van der Waals surface area (Å²) in [6.07, 6.45) is -1.48. The van der Waals surface area contributed by atoms with Gasteiger partial charge in [0.2, 0.25) is 5.79 Å². The van der Waals surface area contributed by atoms with Crippen molar-refractivity contribution in [2.75, 3.05) is 6.61 Å². The lowest BCUT2D eigenvalue weighted by molar-refractivity contribution is -0.296. The number of H-pyrrole nitrogens is 1. The van der Waals surface area contributed by atoms with Crippen molar-refractivity contribution in [3.05, 3.63) is 32.6 Å². The molecule has 1 aliphatic rings. The molecule has 118 valence electrons. The fraction of sp³-hybridized carbons (Fsp3) is 0.667. The first kappa shape index (κ1) is 15.9. The second-order valence-electron chi connectivity index (χ2n) is 5.10. The van der Waals surface area contributed by atoms with Crippen LogP contribution in [0.1, 0.15) is 25.1 Å². The number of ether oxygens (including phenoxy) is 2. The van der Waals surface area contributed by atoms with Crippen LogP contribution in [0.15, 0.2) is 15.8 Å². The molecule has 2 heterocycles. The van der Waals surface area contributed by atoms with Gasteiger partial charge in [0.05, 0.1) is 0 Å². The summed E-state index contributed by atoms with van der Waals surface area (Å²) in [7, 11) is 0. The van der Waals surface area contributed by atoms with Gasteiger partial charge in [-0.05, 0) is 13.8 Å². The zero-order chi connectivity index (χ0) is 15.8. The molecule has 1 aromatic heterocycles. The van der Waals surface area contributed by atoms with E-state index in [9.17, 15) is 19.8 Å². The molecule has 0 radical (unpaired) electrons. The van der Waals surface area contributed by atoms with Crippen LogP contribution < -0.4 is 17.0 Å². The van der Waals surface area contributed by atoms with Crippen molar-refractivity contribution >= 4 is 0 Å². The van der Waals surface area contributed by atoms with Crippen molar-refractivity contribution in [3.63, 3.8) is 0 Å². The fourth-order valence-corrected chi connectivity index (χ4v) is 2.30. The maximum atomic E-state index is 11.8. The normalized spacial score (nSPS) is 30.5. The number of hydrogen-bond acceptors (Lipinski definition) is 7. The number of nitrogens with zero attached hydrogens (tertiary/aromatic N) is 1. The van der Waals surface area contributed by atoms with Gasteiger partial charge in [-0.3, -0.25) is 14.3 Å². The van der Waals surface area contributed by atoms with E-state index in [1.165, 1.54) is 20.0 Å². The molecule has 0 aromatic carbocycles. The molecule has 4 atom stereocenters. The van der Waals surface area contributed by atoms with Crippen molar-refractivity contribution in [1.82, 2.24) is 9.55 Å². The van der Waals surface area contributed by atoms with Gasteiger partial charge in [-0.25, -0.2) is 4.79 Å². The topological polar surface area (TPSA) is 140 Å². The number of nitrogens with one attached hydrogen (secondary N) is 1. The van der Waals surface area contributed by atoms with Gasteiger partial charge in [-0.1, -0.05) is 0 Å². The van der Waals surface area contributed by atoms with Gasteiger partial charge in [-0.15, -0.1) is 0 Å². The van der Waals surface area contributed by atoms with Crippen molar-refractivity contribution in [3.8, 4) is 0 Å². The van der Waals surface area contributed by atoms with E-state index in [-0.39, 0.29) is 6.42 Å². The smallest absolute Gasteiger partial charge is 0.330 e. The quantitative estimate of drug-likeness (QED) is 0.478. The lowest BCUT2D eigenvalue weighted by Gasteiger charge is -2.31. The van der Waals surface area contributed by atoms with E-state index in [2.05, 4.69) is 4.98 Å². The molecule has 0 aliphatic carbocycles. The Morgan fingerprint density at radius 2 is 2.33 bits per heavy atom. The summed E-state index contributed by atoms with van der Waals surface area (Å²) in [4.78, 5) is 25.3. The van der Waals surface area contributed by atoms with Crippen LogP contribution in [0.4, 0.5) is 0 Å². The van der Waals surface area contributed by atoms with E-state index >= 15 is 0 Å². The van der Waals surface area contributed by atoms with E-state index in [0.717, 1.165) is 4.57 Å². The number of aromatic nitrogens is 2. The van der Waals surface area contributed by atoms with E-state index < -0.39 is 42.2 Å². The molecule has 1 unspecified atom stereocenters. The van der Waals surface area contributed by atoms with E-state index in [4.69, 9.17) is 15.2 Å². The monoisotopic (exact) mass is 301 g/mol. The standard InChI is InChI=1S/C12H19N3O6/c1-6-4-15(11(19)14-10(6)18)9-3-8(17)12(5-16,21-9)20-7(2)13/h4,7-9,16-17H,3,5,13H2,1-2H3,(H,14,18,19)/t7?,8-,9+,12+/m0/s1. The number of aromatic amines is 1. The van der Waals surface area contributed by atoms with Crippen molar-refractivity contribution in [2.45, 2.75) is 44.6 Å². The summed E-state index contributed by atoms with van der Waals surface area (Å²) >= 11 is 0. The Bertz CT molecular complexity index is 624. The van der Waals surface area contributed by atoms with Crippen LogP contribution in [0.3, 0.4) is 0 Å². The van der Waals surface area contributed by atoms with Gasteiger partial charge in [0.15, 0.2) is 0 Å². The maximum Gasteiger partial charge on any atom is 0.330 e. The summed E-state index contributed by atoms with van der Waals surface area (Å²) in [5.41, 5.74) is 4.67. The number of aliphatic hydroxyl groups is 2. The van der Waals surface area contributed by atoms with E-state index in [0.29, 0.717) is 5.56 Å². The third-order valence-corrected chi connectivity index (χ3v) is 3.33. The molecular formula is C12H19N3O6. The second kappa shape index (κ2) is 5.70. The summed E-state index contributed by atoms with van der Waals surface area (Å²) in [6, 6.07) is 0. The first-order chi connectivity index (χ1) is 9.79. The third-order valence-electron chi connectivity index (χ3n) is 3.33. The maximum absolute atomic E-state index is 11.8. The average molecular weight is 301 g/mol. The zero-order valence-electron chi connectivity index (χ0n) is 11.8. The van der Waals surface area contributed by atoms with Crippen LogP contribution in [-0.2, 0) is 9.47 Å². The van der Waals surface area contributed by atoms with Crippen LogP contribution >= 0.6 is 0 Å². The first-order valence-corrected chi connectivity index (χ1v) is 6.51. The number of aryl methyl sites for hydroxylation is 1. The molecule has 1 fully saturated rings. The average Bonchev–Trinajstić information content (AvgIpc) is 2.71. The first-order valence-electron chi connectivity index (χ1n) is 6.51. The van der Waals surface area contributed by atoms with Crippen LogP contribution in [0, 0.1) is 6.92 Å². The molecule has 9 heteroatoms. The molecule has 1 aromatic rings. The van der Waals surface area contributed by atoms with Gasteiger partial charge in [-0.2, -0.15) is 0 Å². The van der Waals surface area contributed by atoms with Gasteiger partial charge in [0, 0.05) is 18.2 Å². The predicted molar refractivity (Wildman–Crippen MR) is 71.4 cm³/mol. The molecule has 9 nitrogen and oxygen atoms in total. The van der Waals surface area contributed by atoms with Crippen LogP contribution in [-0.4, -0.2) is 44.5 Å². The Morgan fingerprint density at radius 3 is 2.90 bits per heavy atom.